The average molecular weight is 675 g/mol. The number of imide groups is 1. The van der Waals surface area contributed by atoms with Crippen molar-refractivity contribution in [1.82, 2.24) is 4.57 Å². The minimum Gasteiger partial charge on any atom is -0.325 e. The molecule has 2 aliphatic rings. The van der Waals surface area contributed by atoms with E-state index in [4.69, 9.17) is 0 Å². The van der Waals surface area contributed by atoms with Crippen LogP contribution in [0.5, 0.6) is 0 Å². The van der Waals surface area contributed by atoms with Gasteiger partial charge in [-0.1, -0.05) is 75.4 Å². The number of aromatic nitrogens is 1. The molecular formula is C29H19BrF3N3O4S2. The SMILES string of the molecule is O=C(Cn1c2c(sc1=O)[C@@H](c1ccccc1)C1C(=O)N(c3ccc(Br)cc3)C(=O)C1S2)Nc1cccc(C(F)(F)F)c1. The van der Waals surface area contributed by atoms with Gasteiger partial charge in [0, 0.05) is 21.0 Å². The summed E-state index contributed by atoms with van der Waals surface area (Å²) < 4.78 is 41.4. The molecule has 1 fully saturated rings. The van der Waals surface area contributed by atoms with Gasteiger partial charge in [0.2, 0.25) is 17.7 Å². The van der Waals surface area contributed by atoms with Crippen molar-refractivity contribution in [3.63, 3.8) is 0 Å². The summed E-state index contributed by atoms with van der Waals surface area (Å²) in [6, 6.07) is 20.1. The van der Waals surface area contributed by atoms with Crippen LogP contribution in [-0.4, -0.2) is 27.5 Å². The lowest BCUT2D eigenvalue weighted by molar-refractivity contribution is -0.137. The number of halogens is 4. The molecule has 3 amide bonds. The number of nitrogens with one attached hydrogen (secondary N) is 1. The summed E-state index contributed by atoms with van der Waals surface area (Å²) in [6.45, 7) is -0.481. The highest BCUT2D eigenvalue weighted by atomic mass is 79.9. The van der Waals surface area contributed by atoms with Crippen molar-refractivity contribution >= 4 is 68.1 Å². The topological polar surface area (TPSA) is 88.5 Å². The Bertz CT molecular complexity index is 1770. The molecule has 1 N–H and O–H groups in total. The lowest BCUT2D eigenvalue weighted by atomic mass is 9.83. The molecule has 0 radical (unpaired) electrons. The molecule has 6 rings (SSSR count). The van der Waals surface area contributed by atoms with E-state index in [0.29, 0.717) is 15.6 Å². The highest BCUT2D eigenvalue weighted by Gasteiger charge is 2.56. The molecule has 3 aromatic carbocycles. The molecule has 2 aliphatic heterocycles. The monoisotopic (exact) mass is 673 g/mol. The number of hydrogen-bond donors (Lipinski definition) is 1. The molecule has 0 aliphatic carbocycles. The molecule has 7 nitrogen and oxygen atoms in total. The van der Waals surface area contributed by atoms with Crippen LogP contribution in [0.15, 0.2) is 93.2 Å². The summed E-state index contributed by atoms with van der Waals surface area (Å²) in [5, 5.41) is 1.96. The van der Waals surface area contributed by atoms with Gasteiger partial charge in [0.15, 0.2) is 0 Å². The smallest absolute Gasteiger partial charge is 0.325 e. The minimum atomic E-state index is -4.58. The zero-order valence-electron chi connectivity index (χ0n) is 21.3. The van der Waals surface area contributed by atoms with Gasteiger partial charge in [-0.15, -0.1) is 0 Å². The summed E-state index contributed by atoms with van der Waals surface area (Å²) in [6.07, 6.45) is -4.58. The van der Waals surface area contributed by atoms with Gasteiger partial charge in [-0.3, -0.25) is 23.7 Å². The van der Waals surface area contributed by atoms with Crippen LogP contribution in [0.1, 0.15) is 21.9 Å². The maximum absolute atomic E-state index is 13.9. The molecule has 0 saturated carbocycles. The Balaban J connectivity index is 1.36. The number of carbonyl (C=O) groups excluding carboxylic acids is 3. The van der Waals surface area contributed by atoms with Crippen molar-refractivity contribution in [2.75, 3.05) is 10.2 Å². The van der Waals surface area contributed by atoms with E-state index < -0.39 is 52.1 Å². The number of hydrogen-bond acceptors (Lipinski definition) is 6. The van der Waals surface area contributed by atoms with Gasteiger partial charge >= 0.3 is 11.0 Å². The zero-order valence-corrected chi connectivity index (χ0v) is 24.5. The molecule has 214 valence electrons. The van der Waals surface area contributed by atoms with Crippen molar-refractivity contribution in [2.24, 2.45) is 5.92 Å². The molecule has 3 atom stereocenters. The molecule has 13 heteroatoms. The third-order valence-corrected chi connectivity index (χ3v) is 10.2. The number of benzene rings is 3. The van der Waals surface area contributed by atoms with Crippen molar-refractivity contribution in [1.29, 1.82) is 0 Å². The normalized spacial score (nSPS) is 19.9. The Labute approximate surface area is 253 Å². The van der Waals surface area contributed by atoms with Gasteiger partial charge in [0.25, 0.3) is 0 Å². The predicted molar refractivity (Wildman–Crippen MR) is 157 cm³/mol. The number of carbonyl (C=O) groups is 3. The van der Waals surface area contributed by atoms with E-state index in [2.05, 4.69) is 21.2 Å². The van der Waals surface area contributed by atoms with Gasteiger partial charge in [0.05, 0.1) is 22.2 Å². The van der Waals surface area contributed by atoms with Crippen molar-refractivity contribution < 1.29 is 27.6 Å². The molecular weight excluding hydrogens is 655 g/mol. The lowest BCUT2D eigenvalue weighted by Crippen LogP contribution is -2.33. The Morgan fingerprint density at radius 3 is 2.33 bits per heavy atom. The van der Waals surface area contributed by atoms with Crippen molar-refractivity contribution in [3.8, 4) is 0 Å². The number of thiazole rings is 1. The molecule has 0 bridgehead atoms. The van der Waals surface area contributed by atoms with Gasteiger partial charge in [-0.25, -0.2) is 4.90 Å². The Hall–Kier alpha value is -3.68. The average Bonchev–Trinajstić information content (AvgIpc) is 3.40. The van der Waals surface area contributed by atoms with Crippen LogP contribution in [0.25, 0.3) is 0 Å². The second-order valence-electron chi connectivity index (χ2n) is 9.69. The third-order valence-electron chi connectivity index (χ3n) is 7.07. The number of anilines is 2. The van der Waals surface area contributed by atoms with E-state index in [0.717, 1.165) is 45.3 Å². The summed E-state index contributed by atoms with van der Waals surface area (Å²) in [4.78, 5) is 55.0. The standard InChI is InChI=1S/C29H19BrF3N3O4S2/c30-17-9-11-19(12-10-17)36-25(38)22-21(15-5-2-1-3-6-15)24-27(41-23(22)26(36)39)35(28(40)42-24)14-20(37)34-18-8-4-7-16(13-18)29(31,32)33/h1-13,21-23H,14H2,(H,34,37)/t21-,22?,23?/m0/s1. The van der Waals surface area contributed by atoms with Crippen LogP contribution in [0.4, 0.5) is 24.5 Å². The summed E-state index contributed by atoms with van der Waals surface area (Å²) in [7, 11) is 0. The first kappa shape index (κ1) is 28.4. The fraction of sp³-hybridized carbons (Fsp3) is 0.172. The Morgan fingerprint density at radius 1 is 0.929 bits per heavy atom. The number of thioether (sulfide) groups is 1. The first-order valence-electron chi connectivity index (χ1n) is 12.6. The number of amides is 3. The largest absolute Gasteiger partial charge is 0.416 e. The first-order chi connectivity index (χ1) is 20.0. The zero-order chi connectivity index (χ0) is 29.8. The van der Waals surface area contributed by atoms with Crippen molar-refractivity contribution in [3.05, 3.63) is 109 Å². The fourth-order valence-corrected chi connectivity index (χ4v) is 8.27. The minimum absolute atomic E-state index is 0.0662. The number of rotatable bonds is 5. The number of alkyl halides is 3. The first-order valence-corrected chi connectivity index (χ1v) is 15.1. The van der Waals surface area contributed by atoms with E-state index in [1.54, 1.807) is 24.3 Å². The van der Waals surface area contributed by atoms with Crippen molar-refractivity contribution in [2.45, 2.75) is 28.9 Å². The summed E-state index contributed by atoms with van der Waals surface area (Å²) >= 11 is 5.32. The van der Waals surface area contributed by atoms with Gasteiger partial charge in [-0.2, -0.15) is 13.2 Å². The predicted octanol–water partition coefficient (Wildman–Crippen LogP) is 6.13. The van der Waals surface area contributed by atoms with E-state index >= 15 is 0 Å². The summed E-state index contributed by atoms with van der Waals surface area (Å²) in [5.41, 5.74) is 0.187. The van der Waals surface area contributed by atoms with E-state index in [9.17, 15) is 32.3 Å². The van der Waals surface area contributed by atoms with Gasteiger partial charge < -0.3 is 5.32 Å². The third kappa shape index (κ3) is 5.09. The quantitative estimate of drug-likeness (QED) is 0.258. The second kappa shape index (κ2) is 10.9. The maximum Gasteiger partial charge on any atom is 0.416 e. The molecule has 2 unspecified atom stereocenters. The van der Waals surface area contributed by atoms with Gasteiger partial charge in [0.1, 0.15) is 11.8 Å². The Morgan fingerprint density at radius 2 is 1.64 bits per heavy atom. The van der Waals surface area contributed by atoms with E-state index in [-0.39, 0.29) is 11.6 Å². The number of fused-ring (bicyclic) bond motifs is 2. The highest BCUT2D eigenvalue weighted by molar-refractivity contribution is 9.10. The second-order valence-corrected chi connectivity index (χ2v) is 12.7. The van der Waals surface area contributed by atoms with Crippen LogP contribution in [0.2, 0.25) is 0 Å². The lowest BCUT2D eigenvalue weighted by Gasteiger charge is -2.30. The maximum atomic E-state index is 13.9. The fourth-order valence-electron chi connectivity index (χ4n) is 5.24. The molecule has 1 saturated heterocycles. The van der Waals surface area contributed by atoms with Crippen LogP contribution < -0.4 is 15.1 Å². The molecule has 4 aromatic rings. The molecule has 42 heavy (non-hydrogen) atoms. The Kier molecular flexibility index (Phi) is 7.36. The van der Waals surface area contributed by atoms with E-state index in [1.165, 1.54) is 21.6 Å². The molecule has 1 aromatic heterocycles. The molecule has 3 heterocycles. The van der Waals surface area contributed by atoms with E-state index in [1.807, 2.05) is 30.3 Å². The summed E-state index contributed by atoms with van der Waals surface area (Å²) in [5.74, 6) is -2.92. The van der Waals surface area contributed by atoms with Crippen LogP contribution in [0.3, 0.4) is 0 Å². The number of nitrogens with zero attached hydrogens (tertiary/aromatic N) is 2. The highest BCUT2D eigenvalue weighted by Crippen LogP contribution is 2.53. The van der Waals surface area contributed by atoms with Crippen LogP contribution >= 0.6 is 39.0 Å². The van der Waals surface area contributed by atoms with Crippen LogP contribution in [0, 0.1) is 5.92 Å². The van der Waals surface area contributed by atoms with Gasteiger partial charge in [-0.05, 0) is 48.0 Å². The van der Waals surface area contributed by atoms with Crippen LogP contribution in [-0.2, 0) is 27.1 Å². The molecule has 0 spiro atoms.